The average Bonchev–Trinajstić information content (AvgIpc) is 3.83. The summed E-state index contributed by atoms with van der Waals surface area (Å²) in [6.07, 6.45) is 9.40. The summed E-state index contributed by atoms with van der Waals surface area (Å²) in [6.45, 7) is 13.8. The van der Waals surface area contributed by atoms with E-state index >= 15 is 0 Å². The number of anilines is 1. The topological polar surface area (TPSA) is 148 Å². The molecule has 2 aliphatic rings. The van der Waals surface area contributed by atoms with Crippen molar-refractivity contribution in [1.82, 2.24) is 9.88 Å². The van der Waals surface area contributed by atoms with Gasteiger partial charge in [0.15, 0.2) is 17.0 Å². The third kappa shape index (κ3) is 11.2. The Balaban J connectivity index is 0.000000335. The lowest BCUT2D eigenvalue weighted by Crippen LogP contribution is -2.40. The molecule has 11 nitrogen and oxygen atoms in total. The number of nitrogens with one attached hydrogen (secondary N) is 1. The van der Waals surface area contributed by atoms with Crippen LogP contribution in [0.25, 0.3) is 10.9 Å². The molecule has 1 aromatic heterocycles. The second kappa shape index (κ2) is 18.8. The number of fused-ring (bicyclic) bond motifs is 1. The van der Waals surface area contributed by atoms with E-state index in [1.165, 1.54) is 45.4 Å². The zero-order chi connectivity index (χ0) is 32.7. The molecule has 1 unspecified atom stereocenters. The Bertz CT molecular complexity index is 1240. The third-order valence-electron chi connectivity index (χ3n) is 6.96. The standard InChI is InChI=1S/C14H15FN2O2.C9H19N.C5H7BO6.C2H6/c1-7-6-17(8-3-4-8)12-9(13(7)18)5-10(15)11(16)14(12)19-2;1-3-8-6-5-7-10-9(8)4-2;1-4(8)11-6(10-3-7)12-5(2)9;1-2/h5-6,8H,3-4,16H2,1-2H3;8-10H,3-7H2,1-2H3;3H,1-2H3;1-2H3/t;8?,9-;;/m.0../s1. The fraction of sp³-hybridized carbons (Fsp3) is 0.600. The molecule has 2 fully saturated rings. The minimum absolute atomic E-state index is 0.0105. The molecule has 4 rings (SSSR count). The van der Waals surface area contributed by atoms with Gasteiger partial charge in [-0.05, 0) is 57.6 Å². The van der Waals surface area contributed by atoms with Gasteiger partial charge in [0, 0.05) is 37.7 Å². The second-order valence-electron chi connectivity index (χ2n) is 10.0. The maximum Gasteiger partial charge on any atom is 0.869 e. The number of halogens is 1. The molecule has 2 heterocycles. The first-order valence-electron chi connectivity index (χ1n) is 14.8. The Morgan fingerprint density at radius 2 is 1.74 bits per heavy atom. The first-order chi connectivity index (χ1) is 20.5. The minimum Gasteiger partial charge on any atom is -0.492 e. The Hall–Kier alpha value is -3.61. The maximum absolute atomic E-state index is 13.8. The van der Waals surface area contributed by atoms with Crippen LogP contribution in [0.3, 0.4) is 0 Å². The normalized spacial score (nSPS) is 17.0. The van der Waals surface area contributed by atoms with Gasteiger partial charge in [-0.25, -0.2) is 4.39 Å². The number of nitrogens with two attached hydrogens (primary N) is 1. The van der Waals surface area contributed by atoms with Crippen LogP contribution >= 0.6 is 0 Å². The van der Waals surface area contributed by atoms with E-state index in [1.807, 2.05) is 24.6 Å². The predicted molar refractivity (Wildman–Crippen MR) is 165 cm³/mol. The smallest absolute Gasteiger partial charge is 0.492 e. The van der Waals surface area contributed by atoms with Crippen LogP contribution in [0.5, 0.6) is 5.75 Å². The van der Waals surface area contributed by atoms with Crippen molar-refractivity contribution in [2.75, 3.05) is 19.4 Å². The molecule has 0 radical (unpaired) electrons. The molecule has 0 bridgehead atoms. The molecule has 1 saturated heterocycles. The monoisotopic (exact) mass is 607 g/mol. The quantitative estimate of drug-likeness (QED) is 0.243. The Kier molecular flexibility index (Phi) is 16.4. The number of benzene rings is 1. The molecule has 43 heavy (non-hydrogen) atoms. The summed E-state index contributed by atoms with van der Waals surface area (Å²) in [5.41, 5.74) is 6.70. The molecule has 3 N–H and O–H groups in total. The number of methoxy groups -OCH3 is 1. The maximum atomic E-state index is 13.8. The number of hydrogen-bond donors (Lipinski definition) is 2. The Morgan fingerprint density at radius 3 is 2.19 bits per heavy atom. The van der Waals surface area contributed by atoms with Gasteiger partial charge in [-0.1, -0.05) is 34.1 Å². The first kappa shape index (κ1) is 37.4. The van der Waals surface area contributed by atoms with Gasteiger partial charge in [-0.15, -0.1) is 0 Å². The predicted octanol–water partition coefficient (Wildman–Crippen LogP) is 4.85. The number of rotatable bonds is 8. The van der Waals surface area contributed by atoms with E-state index in [-0.39, 0.29) is 23.3 Å². The van der Waals surface area contributed by atoms with Gasteiger partial charge in [0.1, 0.15) is 5.69 Å². The van der Waals surface area contributed by atoms with Gasteiger partial charge in [-0.3, -0.25) is 19.2 Å². The number of pyridine rings is 1. The van der Waals surface area contributed by atoms with Gasteiger partial charge in [-0.2, -0.15) is 0 Å². The molecular formula is C30H47BFN3O8. The largest absolute Gasteiger partial charge is 0.869 e. The highest BCUT2D eigenvalue weighted by Crippen LogP contribution is 2.41. The van der Waals surface area contributed by atoms with Crippen LogP contribution in [-0.4, -0.2) is 50.0 Å². The molecule has 1 aromatic carbocycles. The molecular weight excluding hydrogens is 560 g/mol. The molecule has 1 aliphatic heterocycles. The minimum atomic E-state index is -1.59. The molecule has 0 amide bonds. The number of aromatic nitrogens is 1. The van der Waals surface area contributed by atoms with Gasteiger partial charge < -0.3 is 34.3 Å². The van der Waals surface area contributed by atoms with Crippen molar-refractivity contribution >= 4 is 42.3 Å². The lowest BCUT2D eigenvalue weighted by Gasteiger charge is -2.31. The summed E-state index contributed by atoms with van der Waals surface area (Å²) < 4.78 is 33.6. The van der Waals surface area contributed by atoms with Crippen LogP contribution < -0.4 is 21.2 Å². The summed E-state index contributed by atoms with van der Waals surface area (Å²) >= 11 is 0. The van der Waals surface area contributed by atoms with E-state index in [2.05, 4.69) is 33.1 Å². The van der Waals surface area contributed by atoms with Crippen molar-refractivity contribution in [2.45, 2.75) is 99.1 Å². The molecule has 1 aliphatic carbocycles. The van der Waals surface area contributed by atoms with Crippen molar-refractivity contribution in [3.05, 3.63) is 33.9 Å². The fourth-order valence-electron chi connectivity index (χ4n) is 4.83. The van der Waals surface area contributed by atoms with Crippen molar-refractivity contribution < 1.29 is 37.5 Å². The number of nitrogens with zero attached hydrogens (tertiary/aromatic N) is 1. The van der Waals surface area contributed by atoms with Crippen LogP contribution in [0.2, 0.25) is 0 Å². The molecule has 2 atom stereocenters. The summed E-state index contributed by atoms with van der Waals surface area (Å²) in [7, 11) is -0.149. The zero-order valence-corrected chi connectivity index (χ0v) is 26.7. The number of hydrogen-bond acceptors (Lipinski definition) is 10. The van der Waals surface area contributed by atoms with E-state index in [9.17, 15) is 23.6 Å². The molecule has 0 spiro atoms. The third-order valence-corrected chi connectivity index (χ3v) is 6.96. The number of nitrogen functional groups attached to an aromatic ring is 1. The first-order valence-corrected chi connectivity index (χ1v) is 14.8. The van der Waals surface area contributed by atoms with Gasteiger partial charge in [0.25, 0.3) is 18.4 Å². The highest BCUT2D eigenvalue weighted by atomic mass is 19.1. The van der Waals surface area contributed by atoms with Crippen LogP contribution in [0.1, 0.15) is 91.7 Å². The Labute approximate surface area is 253 Å². The number of carbonyl (C=O) groups is 3. The summed E-state index contributed by atoms with van der Waals surface area (Å²) in [4.78, 5) is 42.6. The number of carbonyl (C=O) groups excluding carboxylic acids is 3. The van der Waals surface area contributed by atoms with Crippen molar-refractivity contribution in [1.29, 1.82) is 0 Å². The lowest BCUT2D eigenvalue weighted by atomic mass is 9.87. The van der Waals surface area contributed by atoms with Crippen molar-refractivity contribution in [3.63, 3.8) is 0 Å². The van der Waals surface area contributed by atoms with Crippen LogP contribution in [0.4, 0.5) is 10.1 Å². The van der Waals surface area contributed by atoms with E-state index in [0.717, 1.165) is 38.6 Å². The number of ether oxygens (including phenoxy) is 1. The van der Waals surface area contributed by atoms with Crippen LogP contribution in [0, 0.1) is 18.7 Å². The van der Waals surface area contributed by atoms with Crippen LogP contribution in [-0.2, 0) is 28.3 Å². The second-order valence-corrected chi connectivity index (χ2v) is 10.0. The summed E-state index contributed by atoms with van der Waals surface area (Å²) in [5, 5.41) is 3.90. The Morgan fingerprint density at radius 1 is 1.14 bits per heavy atom. The van der Waals surface area contributed by atoms with E-state index in [1.54, 1.807) is 6.92 Å². The molecule has 13 heteroatoms. The number of piperidine rings is 1. The highest BCUT2D eigenvalue weighted by Gasteiger charge is 2.31. The van der Waals surface area contributed by atoms with E-state index in [4.69, 9.17) is 10.5 Å². The molecule has 240 valence electrons. The number of aryl methyl sites for hydroxylation is 1. The summed E-state index contributed by atoms with van der Waals surface area (Å²) in [6, 6.07) is 2.38. The molecule has 2 aromatic rings. The van der Waals surface area contributed by atoms with Crippen molar-refractivity contribution in [3.8, 4) is 5.75 Å². The van der Waals surface area contributed by atoms with Gasteiger partial charge in [0.05, 0.1) is 18.0 Å². The zero-order valence-electron chi connectivity index (χ0n) is 26.7. The van der Waals surface area contributed by atoms with E-state index in [0.29, 0.717) is 22.5 Å². The van der Waals surface area contributed by atoms with Crippen molar-refractivity contribution in [2.24, 2.45) is 5.92 Å². The highest BCUT2D eigenvalue weighted by molar-refractivity contribution is 6.43. The van der Waals surface area contributed by atoms with Gasteiger partial charge >= 0.3 is 7.32 Å². The average molecular weight is 608 g/mol. The fourth-order valence-corrected chi connectivity index (χ4v) is 4.83. The van der Waals surface area contributed by atoms with Crippen LogP contribution in [0.15, 0.2) is 17.1 Å². The SMILES string of the molecule is CC.CC(=O)OB(OC=O)OC(C)=O.CCC1CCCN[C@H]1CC.COc1c(N)c(F)cc2c(=O)c(C)cn(C3CC3)c12. The summed E-state index contributed by atoms with van der Waals surface area (Å²) in [5.74, 6) is -0.849. The van der Waals surface area contributed by atoms with E-state index < -0.39 is 25.1 Å². The molecule has 1 saturated carbocycles. The van der Waals surface area contributed by atoms with Gasteiger partial charge in [0.2, 0.25) is 0 Å². The lowest BCUT2D eigenvalue weighted by molar-refractivity contribution is -0.142.